The lowest BCUT2D eigenvalue weighted by Gasteiger charge is -2.35. The Bertz CT molecular complexity index is 1410. The number of nitrogens with one attached hydrogen (secondary N) is 2. The van der Waals surface area contributed by atoms with Gasteiger partial charge in [-0.15, -0.1) is 0 Å². The molecule has 9 nitrogen and oxygen atoms in total. The molecule has 2 aromatic rings. The molecule has 0 radical (unpaired) electrons. The molecule has 0 aliphatic carbocycles. The van der Waals surface area contributed by atoms with Crippen molar-refractivity contribution in [1.29, 1.82) is 0 Å². The molecule has 3 aliphatic heterocycles. The molecular weight excluding hydrogens is 510 g/mol. The highest BCUT2D eigenvalue weighted by atomic mass is 16.5. The molecule has 5 atom stereocenters. The summed E-state index contributed by atoms with van der Waals surface area (Å²) in [7, 11) is 1.59. The molecule has 210 valence electrons. The van der Waals surface area contributed by atoms with Crippen LogP contribution in [0.2, 0.25) is 0 Å². The maximum atomic E-state index is 14.3. The number of ether oxygens (including phenoxy) is 2. The number of hydrogen-bond acceptors (Lipinski definition) is 6. The van der Waals surface area contributed by atoms with Crippen LogP contribution >= 0.6 is 0 Å². The Kier molecular flexibility index (Phi) is 6.61. The third-order valence-corrected chi connectivity index (χ3v) is 7.88. The molecule has 0 unspecified atom stereocenters. The Morgan fingerprint density at radius 2 is 1.75 bits per heavy atom. The topological polar surface area (TPSA) is 114 Å². The van der Waals surface area contributed by atoms with Gasteiger partial charge in [-0.3, -0.25) is 24.1 Å². The van der Waals surface area contributed by atoms with Crippen LogP contribution in [-0.4, -0.2) is 53.4 Å². The summed E-state index contributed by atoms with van der Waals surface area (Å²) in [5.41, 5.74) is -1.32. The number of carbonyl (C=O) groups is 4. The van der Waals surface area contributed by atoms with Crippen molar-refractivity contribution in [2.75, 3.05) is 12.0 Å². The molecule has 2 N–H and O–H groups in total. The lowest BCUT2D eigenvalue weighted by atomic mass is 9.70. The average molecular weight is 546 g/mol. The molecule has 2 bridgehead atoms. The third kappa shape index (κ3) is 4.48. The van der Waals surface area contributed by atoms with Crippen LogP contribution in [0.25, 0.3) is 0 Å². The Hall–Kier alpha value is -3.98. The molecule has 40 heavy (non-hydrogen) atoms. The minimum absolute atomic E-state index is 0.164. The first-order valence-corrected chi connectivity index (χ1v) is 13.4. The molecule has 3 heterocycles. The standard InChI is InChI=1S/C31H35N3O6/c1-18(35)20-8-7-9-21(16-20)34-25(27(37)33-29(2,3)4)31-15-14-30(5,40-31)23(24(31)28(34)38)26(36)32-17-19-10-12-22(39-6)13-11-19/h7-16,23-25H,17H2,1-6H3,(H,32,36)(H,33,37)/t23-,24+,25+,30+,31+/m0/s1. The fourth-order valence-corrected chi connectivity index (χ4v) is 6.17. The maximum Gasteiger partial charge on any atom is 0.246 e. The molecule has 5 rings (SSSR count). The van der Waals surface area contributed by atoms with Gasteiger partial charge < -0.3 is 20.1 Å². The van der Waals surface area contributed by atoms with Crippen molar-refractivity contribution >= 4 is 29.2 Å². The van der Waals surface area contributed by atoms with Gasteiger partial charge in [0, 0.05) is 23.3 Å². The van der Waals surface area contributed by atoms with Gasteiger partial charge >= 0.3 is 0 Å². The second-order valence-electron chi connectivity index (χ2n) is 12.0. The summed E-state index contributed by atoms with van der Waals surface area (Å²) < 4.78 is 11.8. The number of nitrogens with zero attached hydrogens (tertiary/aromatic N) is 1. The molecular formula is C31H35N3O6. The van der Waals surface area contributed by atoms with Gasteiger partial charge in [-0.05, 0) is 64.4 Å². The van der Waals surface area contributed by atoms with Gasteiger partial charge in [-0.2, -0.15) is 0 Å². The SMILES string of the molecule is COc1ccc(CNC(=O)[C@@H]2[C@@H]3C(=O)N(c4cccc(C(C)=O)c4)[C@H](C(=O)NC(C)(C)C)[C@@]34C=C[C@@]2(C)O4)cc1. The second kappa shape index (κ2) is 9.59. The van der Waals surface area contributed by atoms with E-state index in [1.54, 1.807) is 50.5 Å². The predicted molar refractivity (Wildman–Crippen MR) is 149 cm³/mol. The number of carbonyl (C=O) groups excluding carboxylic acids is 4. The van der Waals surface area contributed by atoms with Crippen LogP contribution in [0.1, 0.15) is 50.5 Å². The monoisotopic (exact) mass is 545 g/mol. The summed E-state index contributed by atoms with van der Waals surface area (Å²) in [5, 5.41) is 5.97. The van der Waals surface area contributed by atoms with Gasteiger partial charge in [-0.25, -0.2) is 0 Å². The Labute approximate surface area is 233 Å². The molecule has 0 saturated carbocycles. The number of benzene rings is 2. The third-order valence-electron chi connectivity index (χ3n) is 7.88. The quantitative estimate of drug-likeness (QED) is 0.408. The normalized spacial score (nSPS) is 28.4. The van der Waals surface area contributed by atoms with Crippen LogP contribution in [0, 0.1) is 11.8 Å². The zero-order valence-electron chi connectivity index (χ0n) is 23.6. The van der Waals surface area contributed by atoms with Gasteiger partial charge in [0.15, 0.2) is 5.78 Å². The largest absolute Gasteiger partial charge is 0.497 e. The van der Waals surface area contributed by atoms with Gasteiger partial charge in [0.25, 0.3) is 0 Å². The Balaban J connectivity index is 1.52. The molecule has 3 amide bonds. The van der Waals surface area contributed by atoms with Crippen LogP contribution in [0.3, 0.4) is 0 Å². The molecule has 9 heteroatoms. The van der Waals surface area contributed by atoms with Crippen LogP contribution in [0.4, 0.5) is 5.69 Å². The summed E-state index contributed by atoms with van der Waals surface area (Å²) in [6.07, 6.45) is 3.56. The van der Waals surface area contributed by atoms with Gasteiger partial charge in [0.1, 0.15) is 17.4 Å². The fourth-order valence-electron chi connectivity index (χ4n) is 6.17. The first kappa shape index (κ1) is 27.6. The van der Waals surface area contributed by atoms with E-state index in [0.717, 1.165) is 5.56 Å². The smallest absolute Gasteiger partial charge is 0.246 e. The zero-order valence-corrected chi connectivity index (χ0v) is 23.6. The number of fused-ring (bicyclic) bond motifs is 1. The number of hydrogen-bond donors (Lipinski definition) is 2. The van der Waals surface area contributed by atoms with Gasteiger partial charge in [0.2, 0.25) is 17.7 Å². The molecule has 2 saturated heterocycles. The van der Waals surface area contributed by atoms with E-state index in [1.807, 2.05) is 45.0 Å². The van der Waals surface area contributed by atoms with Crippen molar-refractivity contribution < 1.29 is 28.7 Å². The minimum atomic E-state index is -1.35. The summed E-state index contributed by atoms with van der Waals surface area (Å²) >= 11 is 0. The lowest BCUT2D eigenvalue weighted by molar-refractivity contribution is -0.134. The molecule has 3 aliphatic rings. The first-order valence-electron chi connectivity index (χ1n) is 13.4. The van der Waals surface area contributed by atoms with Crippen LogP contribution < -0.4 is 20.3 Å². The van der Waals surface area contributed by atoms with E-state index in [2.05, 4.69) is 10.6 Å². The second-order valence-corrected chi connectivity index (χ2v) is 12.0. The predicted octanol–water partition coefficient (Wildman–Crippen LogP) is 3.17. The molecule has 0 aromatic heterocycles. The Morgan fingerprint density at radius 3 is 2.38 bits per heavy atom. The number of Topliss-reactive ketones (excluding diaryl/α,β-unsaturated/α-hetero) is 1. The van der Waals surface area contributed by atoms with E-state index in [4.69, 9.17) is 9.47 Å². The zero-order chi connectivity index (χ0) is 29.0. The van der Waals surface area contributed by atoms with Crippen molar-refractivity contribution in [3.8, 4) is 5.75 Å². The number of ketones is 1. The minimum Gasteiger partial charge on any atom is -0.497 e. The number of methoxy groups -OCH3 is 1. The summed E-state index contributed by atoms with van der Waals surface area (Å²) in [6.45, 7) is 9.05. The first-order chi connectivity index (χ1) is 18.8. The molecule has 2 aromatic carbocycles. The fraction of sp³-hybridized carbons (Fsp3) is 0.419. The van der Waals surface area contributed by atoms with Crippen molar-refractivity contribution in [1.82, 2.24) is 10.6 Å². The summed E-state index contributed by atoms with van der Waals surface area (Å²) in [4.78, 5) is 55.5. The molecule has 1 spiro atoms. The van der Waals surface area contributed by atoms with Gasteiger partial charge in [-0.1, -0.05) is 36.4 Å². The van der Waals surface area contributed by atoms with Crippen molar-refractivity contribution in [2.45, 2.75) is 63.9 Å². The van der Waals surface area contributed by atoms with Crippen LogP contribution in [0.15, 0.2) is 60.7 Å². The van der Waals surface area contributed by atoms with Gasteiger partial charge in [0.05, 0.1) is 24.5 Å². The van der Waals surface area contributed by atoms with E-state index in [1.165, 1.54) is 11.8 Å². The summed E-state index contributed by atoms with van der Waals surface area (Å²) in [6, 6.07) is 12.9. The van der Waals surface area contributed by atoms with Crippen LogP contribution in [0.5, 0.6) is 5.75 Å². The number of rotatable bonds is 7. The maximum absolute atomic E-state index is 14.3. The van der Waals surface area contributed by atoms with E-state index in [9.17, 15) is 19.2 Å². The van der Waals surface area contributed by atoms with E-state index >= 15 is 0 Å². The highest BCUT2D eigenvalue weighted by Crippen LogP contribution is 2.60. The Morgan fingerprint density at radius 1 is 1.05 bits per heavy atom. The lowest BCUT2D eigenvalue weighted by Crippen LogP contribution is -2.58. The summed E-state index contributed by atoms with van der Waals surface area (Å²) in [5.74, 6) is -2.39. The number of amides is 3. The highest BCUT2D eigenvalue weighted by molar-refractivity contribution is 6.11. The van der Waals surface area contributed by atoms with E-state index < -0.39 is 46.4 Å². The highest BCUT2D eigenvalue weighted by Gasteiger charge is 2.76. The van der Waals surface area contributed by atoms with E-state index in [0.29, 0.717) is 17.0 Å². The van der Waals surface area contributed by atoms with Crippen LogP contribution in [-0.2, 0) is 25.7 Å². The van der Waals surface area contributed by atoms with Crippen molar-refractivity contribution in [2.24, 2.45) is 11.8 Å². The average Bonchev–Trinajstić information content (AvgIpc) is 3.47. The van der Waals surface area contributed by atoms with Crippen molar-refractivity contribution in [3.63, 3.8) is 0 Å². The number of anilines is 1. The van der Waals surface area contributed by atoms with E-state index in [-0.39, 0.29) is 18.2 Å². The van der Waals surface area contributed by atoms with Crippen molar-refractivity contribution in [3.05, 3.63) is 71.8 Å². The molecule has 2 fully saturated rings.